The van der Waals surface area contributed by atoms with Gasteiger partial charge in [0, 0.05) is 38.2 Å². The van der Waals surface area contributed by atoms with Crippen molar-refractivity contribution >= 4 is 30.2 Å². The van der Waals surface area contributed by atoms with Crippen LogP contribution >= 0.6 is 12.4 Å². The highest BCUT2D eigenvalue weighted by Gasteiger charge is 2.28. The van der Waals surface area contributed by atoms with Gasteiger partial charge in [0.15, 0.2) is 0 Å². The number of piperidine rings is 1. The van der Waals surface area contributed by atoms with Gasteiger partial charge in [0.2, 0.25) is 5.91 Å². The Labute approximate surface area is 206 Å². The van der Waals surface area contributed by atoms with E-state index < -0.39 is 0 Å². The average Bonchev–Trinajstić information content (AvgIpc) is 2.83. The summed E-state index contributed by atoms with van der Waals surface area (Å²) in [6.45, 7) is 5.61. The number of benzene rings is 1. The molecule has 9 heteroatoms. The Kier molecular flexibility index (Phi) is 10.4. The first-order valence-corrected chi connectivity index (χ1v) is 11.5. The average molecular weight is 489 g/mol. The quantitative estimate of drug-likeness (QED) is 0.571. The minimum absolute atomic E-state index is 0. The molecule has 2 heterocycles. The number of halogens is 1. The van der Waals surface area contributed by atoms with E-state index in [0.717, 1.165) is 30.5 Å². The van der Waals surface area contributed by atoms with E-state index in [1.165, 1.54) is 7.11 Å². The molecular weight excluding hydrogens is 456 g/mol. The van der Waals surface area contributed by atoms with Crippen molar-refractivity contribution in [2.45, 2.75) is 51.9 Å². The normalized spacial score (nSPS) is 13.7. The topological polar surface area (TPSA) is 101 Å². The monoisotopic (exact) mass is 488 g/mol. The fourth-order valence-corrected chi connectivity index (χ4v) is 4.14. The van der Waals surface area contributed by atoms with Gasteiger partial charge in [-0.05, 0) is 50.3 Å². The fraction of sp³-hybridized carbons (Fsp3) is 0.480. The number of carbonyl (C=O) groups is 3. The molecule has 1 aromatic carbocycles. The van der Waals surface area contributed by atoms with Gasteiger partial charge in [-0.25, -0.2) is 14.8 Å². The summed E-state index contributed by atoms with van der Waals surface area (Å²) in [7, 11) is 1.35. The first-order valence-electron chi connectivity index (χ1n) is 11.5. The molecule has 0 bridgehead atoms. The zero-order valence-corrected chi connectivity index (χ0v) is 20.8. The number of hydrogen-bond donors (Lipinski definition) is 1. The standard InChI is InChI=1S/C25H32N4O4.ClH/c1-4-6-22(30)29-13-10-19(11-14-29)23-21(16-27-17(2)28-23)24(31)26-12-9-18-7-5-8-20(15-18)25(32)33-3;/h5,7-8,15-16,19H,4,6,9-14H2,1-3H3,(H,26,31);1H. The van der Waals surface area contributed by atoms with Crippen molar-refractivity contribution in [2.75, 3.05) is 26.7 Å². The second kappa shape index (κ2) is 13.0. The Morgan fingerprint density at radius 2 is 1.94 bits per heavy atom. The predicted molar refractivity (Wildman–Crippen MR) is 131 cm³/mol. The van der Waals surface area contributed by atoms with Gasteiger partial charge in [0.05, 0.1) is 23.9 Å². The van der Waals surface area contributed by atoms with Gasteiger partial charge in [-0.3, -0.25) is 9.59 Å². The third kappa shape index (κ3) is 7.00. The van der Waals surface area contributed by atoms with Gasteiger partial charge >= 0.3 is 5.97 Å². The lowest BCUT2D eigenvalue weighted by Crippen LogP contribution is -2.38. The van der Waals surface area contributed by atoms with Crippen LogP contribution in [-0.2, 0) is 16.0 Å². The minimum atomic E-state index is -0.384. The van der Waals surface area contributed by atoms with Crippen LogP contribution in [0, 0.1) is 6.92 Å². The molecule has 0 saturated carbocycles. The first-order chi connectivity index (χ1) is 15.9. The summed E-state index contributed by atoms with van der Waals surface area (Å²) in [5.41, 5.74) is 2.67. The van der Waals surface area contributed by atoms with Crippen LogP contribution in [0.4, 0.5) is 0 Å². The fourth-order valence-electron chi connectivity index (χ4n) is 4.14. The van der Waals surface area contributed by atoms with Gasteiger partial charge in [0.25, 0.3) is 5.91 Å². The zero-order valence-electron chi connectivity index (χ0n) is 20.0. The second-order valence-corrected chi connectivity index (χ2v) is 8.32. The number of nitrogens with zero attached hydrogens (tertiary/aromatic N) is 3. The molecule has 3 rings (SSSR count). The molecule has 0 spiro atoms. The molecule has 0 atom stereocenters. The lowest BCUT2D eigenvalue weighted by molar-refractivity contribution is -0.132. The number of aromatic nitrogens is 2. The van der Waals surface area contributed by atoms with E-state index in [4.69, 9.17) is 4.74 Å². The van der Waals surface area contributed by atoms with Crippen molar-refractivity contribution in [3.05, 3.63) is 58.7 Å². The van der Waals surface area contributed by atoms with Gasteiger partial charge in [-0.2, -0.15) is 0 Å². The highest BCUT2D eigenvalue weighted by molar-refractivity contribution is 5.95. The van der Waals surface area contributed by atoms with Crippen molar-refractivity contribution in [1.82, 2.24) is 20.2 Å². The van der Waals surface area contributed by atoms with E-state index >= 15 is 0 Å². The van der Waals surface area contributed by atoms with Crippen molar-refractivity contribution in [3.63, 3.8) is 0 Å². The predicted octanol–water partition coefficient (Wildman–Crippen LogP) is 3.47. The number of esters is 1. The maximum Gasteiger partial charge on any atom is 0.337 e. The van der Waals surface area contributed by atoms with Crippen molar-refractivity contribution < 1.29 is 19.1 Å². The van der Waals surface area contributed by atoms with Crippen LogP contribution in [0.3, 0.4) is 0 Å². The number of ether oxygens (including phenoxy) is 1. The van der Waals surface area contributed by atoms with Gasteiger partial charge in [0.1, 0.15) is 5.82 Å². The minimum Gasteiger partial charge on any atom is -0.465 e. The Balaban J connectivity index is 0.00000408. The third-order valence-corrected chi connectivity index (χ3v) is 5.93. The van der Waals surface area contributed by atoms with E-state index in [2.05, 4.69) is 15.3 Å². The molecule has 0 aliphatic carbocycles. The molecule has 8 nitrogen and oxygen atoms in total. The second-order valence-electron chi connectivity index (χ2n) is 8.32. The molecule has 0 radical (unpaired) electrons. The van der Waals surface area contributed by atoms with E-state index in [1.54, 1.807) is 24.4 Å². The third-order valence-electron chi connectivity index (χ3n) is 5.93. The number of methoxy groups -OCH3 is 1. The van der Waals surface area contributed by atoms with Crippen LogP contribution < -0.4 is 5.32 Å². The van der Waals surface area contributed by atoms with Crippen LogP contribution in [0.15, 0.2) is 30.5 Å². The molecule has 1 N–H and O–H groups in total. The summed E-state index contributed by atoms with van der Waals surface area (Å²) in [4.78, 5) is 47.6. The molecule has 1 saturated heterocycles. The number of hydrogen-bond acceptors (Lipinski definition) is 6. The number of nitrogens with one attached hydrogen (secondary N) is 1. The smallest absolute Gasteiger partial charge is 0.337 e. The van der Waals surface area contributed by atoms with E-state index in [1.807, 2.05) is 24.8 Å². The number of carbonyl (C=O) groups excluding carboxylic acids is 3. The Morgan fingerprint density at radius 3 is 2.62 bits per heavy atom. The molecule has 0 unspecified atom stereocenters. The number of rotatable bonds is 8. The Hall–Kier alpha value is -3.00. The van der Waals surface area contributed by atoms with E-state index in [0.29, 0.717) is 49.4 Å². The van der Waals surface area contributed by atoms with Crippen molar-refractivity contribution in [3.8, 4) is 0 Å². The zero-order chi connectivity index (χ0) is 23.8. The van der Waals surface area contributed by atoms with Crippen molar-refractivity contribution in [1.29, 1.82) is 0 Å². The highest BCUT2D eigenvalue weighted by Crippen LogP contribution is 2.29. The molecule has 1 fully saturated rings. The molecule has 1 aliphatic rings. The Bertz CT molecular complexity index is 1010. The highest BCUT2D eigenvalue weighted by atomic mass is 35.5. The van der Waals surface area contributed by atoms with E-state index in [-0.39, 0.29) is 36.1 Å². The molecule has 1 aliphatic heterocycles. The molecule has 2 amide bonds. The summed E-state index contributed by atoms with van der Waals surface area (Å²) in [6.07, 6.45) is 5.17. The summed E-state index contributed by atoms with van der Waals surface area (Å²) in [5.74, 6) is 0.355. The van der Waals surface area contributed by atoms with Crippen LogP contribution in [-0.4, -0.2) is 59.4 Å². The maximum atomic E-state index is 13.0. The number of likely N-dealkylation sites (tertiary alicyclic amines) is 1. The molecule has 2 aromatic rings. The number of aryl methyl sites for hydroxylation is 1. The lowest BCUT2D eigenvalue weighted by Gasteiger charge is -2.32. The van der Waals surface area contributed by atoms with Crippen LogP contribution in [0.2, 0.25) is 0 Å². The SMILES string of the molecule is CCCC(=O)N1CCC(c2nc(C)ncc2C(=O)NCCc2cccc(C(=O)OC)c2)CC1.Cl. The summed E-state index contributed by atoms with van der Waals surface area (Å²) >= 11 is 0. The molecule has 1 aromatic heterocycles. The van der Waals surface area contributed by atoms with Crippen molar-refractivity contribution in [2.24, 2.45) is 0 Å². The lowest BCUT2D eigenvalue weighted by atomic mass is 9.90. The summed E-state index contributed by atoms with van der Waals surface area (Å²) in [6, 6.07) is 7.18. The summed E-state index contributed by atoms with van der Waals surface area (Å²) in [5, 5.41) is 2.95. The Morgan fingerprint density at radius 1 is 1.21 bits per heavy atom. The molecule has 34 heavy (non-hydrogen) atoms. The molecular formula is C25H33ClN4O4. The van der Waals surface area contributed by atoms with Gasteiger partial charge in [-0.15, -0.1) is 12.4 Å². The van der Waals surface area contributed by atoms with Crippen LogP contribution in [0.25, 0.3) is 0 Å². The van der Waals surface area contributed by atoms with Gasteiger partial charge in [-0.1, -0.05) is 19.1 Å². The first kappa shape index (κ1) is 27.2. The largest absolute Gasteiger partial charge is 0.465 e. The number of amides is 2. The maximum absolute atomic E-state index is 13.0. The van der Waals surface area contributed by atoms with Crippen LogP contribution in [0.1, 0.15) is 76.3 Å². The summed E-state index contributed by atoms with van der Waals surface area (Å²) < 4.78 is 4.76. The van der Waals surface area contributed by atoms with E-state index in [9.17, 15) is 14.4 Å². The van der Waals surface area contributed by atoms with Crippen LogP contribution in [0.5, 0.6) is 0 Å². The van der Waals surface area contributed by atoms with Gasteiger partial charge < -0.3 is 15.0 Å². The molecule has 184 valence electrons.